The number of hydrogen-bond acceptors (Lipinski definition) is 5. The number of fused-ring (bicyclic) bond motifs is 1. The van der Waals surface area contributed by atoms with Crippen molar-refractivity contribution in [2.45, 2.75) is 18.6 Å². The molecule has 1 aliphatic heterocycles. The van der Waals surface area contributed by atoms with Crippen LogP contribution in [0.4, 0.5) is 15.0 Å². The molecule has 3 heterocycles. The van der Waals surface area contributed by atoms with Crippen LogP contribution in [0.2, 0.25) is 5.15 Å². The van der Waals surface area contributed by atoms with E-state index >= 15 is 0 Å². The minimum Gasteiger partial charge on any atom is -0.465 e. The van der Waals surface area contributed by atoms with Crippen LogP contribution in [0.5, 0.6) is 0 Å². The molecular weight excluding hydrogens is 313 g/mol. The fourth-order valence-corrected chi connectivity index (χ4v) is 2.77. The molecule has 0 spiro atoms. The molecule has 0 saturated carbocycles. The Bertz CT molecular complexity index is 716. The predicted molar refractivity (Wildman–Crippen MR) is 78.9 cm³/mol. The molecule has 0 radical (unpaired) electrons. The van der Waals surface area contributed by atoms with Crippen molar-refractivity contribution in [2.24, 2.45) is 0 Å². The number of alkyl halides is 1. The third kappa shape index (κ3) is 2.87. The zero-order valence-corrected chi connectivity index (χ0v) is 12.2. The van der Waals surface area contributed by atoms with Gasteiger partial charge in [-0.3, -0.25) is 4.98 Å². The van der Waals surface area contributed by atoms with Gasteiger partial charge in [0.1, 0.15) is 6.17 Å². The van der Waals surface area contributed by atoms with Gasteiger partial charge < -0.3 is 15.3 Å². The van der Waals surface area contributed by atoms with Crippen LogP contribution in [0, 0.1) is 0 Å². The van der Waals surface area contributed by atoms with Crippen molar-refractivity contribution >= 4 is 34.3 Å². The van der Waals surface area contributed by atoms with E-state index in [4.69, 9.17) is 16.7 Å². The number of aromatic nitrogens is 3. The SMILES string of the molecule is O=C(O)N1C[C@H](F)C[C@@H](Nc2nnc(Cl)c3ccncc23)C1. The number of rotatable bonds is 2. The molecule has 1 aliphatic rings. The van der Waals surface area contributed by atoms with Gasteiger partial charge in [-0.25, -0.2) is 9.18 Å². The van der Waals surface area contributed by atoms with E-state index < -0.39 is 18.3 Å². The lowest BCUT2D eigenvalue weighted by atomic mass is 10.0. The molecule has 22 heavy (non-hydrogen) atoms. The number of pyridine rings is 1. The summed E-state index contributed by atoms with van der Waals surface area (Å²) in [4.78, 5) is 16.1. The van der Waals surface area contributed by atoms with E-state index in [1.54, 1.807) is 18.5 Å². The molecule has 0 aromatic carbocycles. The first kappa shape index (κ1) is 14.7. The van der Waals surface area contributed by atoms with Gasteiger partial charge in [0.25, 0.3) is 0 Å². The van der Waals surface area contributed by atoms with E-state index in [1.807, 2.05) is 0 Å². The first-order chi connectivity index (χ1) is 10.5. The van der Waals surface area contributed by atoms with Crippen LogP contribution >= 0.6 is 11.6 Å². The summed E-state index contributed by atoms with van der Waals surface area (Å²) in [7, 11) is 0. The van der Waals surface area contributed by atoms with E-state index in [0.29, 0.717) is 16.6 Å². The number of halogens is 2. The molecule has 2 aromatic heterocycles. The van der Waals surface area contributed by atoms with E-state index in [9.17, 15) is 9.18 Å². The number of carboxylic acid groups (broad SMARTS) is 1. The quantitative estimate of drug-likeness (QED) is 0.879. The molecule has 0 unspecified atom stereocenters. The lowest BCUT2D eigenvalue weighted by Gasteiger charge is -2.33. The second-order valence-corrected chi connectivity index (χ2v) is 5.48. The third-order valence-corrected chi connectivity index (χ3v) is 3.83. The second kappa shape index (κ2) is 5.88. The van der Waals surface area contributed by atoms with Crippen molar-refractivity contribution in [1.29, 1.82) is 0 Å². The summed E-state index contributed by atoms with van der Waals surface area (Å²) in [6, 6.07) is 1.32. The number of carbonyl (C=O) groups is 1. The van der Waals surface area contributed by atoms with Gasteiger partial charge in [-0.15, -0.1) is 10.2 Å². The Hall–Kier alpha value is -2.22. The van der Waals surface area contributed by atoms with Crippen LogP contribution in [-0.4, -0.2) is 56.6 Å². The maximum absolute atomic E-state index is 13.7. The van der Waals surface area contributed by atoms with Crippen molar-refractivity contribution in [3.63, 3.8) is 0 Å². The van der Waals surface area contributed by atoms with E-state index in [-0.39, 0.29) is 24.7 Å². The Morgan fingerprint density at radius 2 is 2.23 bits per heavy atom. The van der Waals surface area contributed by atoms with Crippen LogP contribution < -0.4 is 5.32 Å². The first-order valence-corrected chi connectivity index (χ1v) is 7.06. The fourth-order valence-electron chi connectivity index (χ4n) is 2.56. The minimum atomic E-state index is -1.22. The Balaban J connectivity index is 1.87. The summed E-state index contributed by atoms with van der Waals surface area (Å²) in [5.41, 5.74) is 0. The van der Waals surface area contributed by atoms with E-state index in [2.05, 4.69) is 20.5 Å². The number of hydrogen-bond donors (Lipinski definition) is 2. The summed E-state index contributed by atoms with van der Waals surface area (Å²) >= 11 is 5.98. The van der Waals surface area contributed by atoms with Crippen LogP contribution in [-0.2, 0) is 0 Å². The van der Waals surface area contributed by atoms with E-state index in [1.165, 1.54) is 0 Å². The lowest BCUT2D eigenvalue weighted by molar-refractivity contribution is 0.102. The molecule has 1 fully saturated rings. The minimum absolute atomic E-state index is 0.109. The highest BCUT2D eigenvalue weighted by Gasteiger charge is 2.30. The average Bonchev–Trinajstić information content (AvgIpc) is 2.50. The summed E-state index contributed by atoms with van der Waals surface area (Å²) in [5.74, 6) is 0.414. The van der Waals surface area contributed by atoms with Gasteiger partial charge in [0.15, 0.2) is 11.0 Å². The zero-order valence-electron chi connectivity index (χ0n) is 11.4. The first-order valence-electron chi connectivity index (χ1n) is 6.69. The standard InChI is InChI=1S/C13H13ClFN5O2/c14-11-9-1-2-16-4-10(9)12(19-18-11)17-8-3-7(15)5-20(6-8)13(21)22/h1-2,4,7-8H,3,5-6H2,(H,17,19)(H,21,22)/t7-,8-/m1/s1. The van der Waals surface area contributed by atoms with Gasteiger partial charge in [-0.05, 0) is 6.07 Å². The van der Waals surface area contributed by atoms with Crippen LogP contribution in [0.15, 0.2) is 18.5 Å². The summed E-state index contributed by atoms with van der Waals surface area (Å²) in [6.07, 6.45) is 1.03. The molecule has 0 bridgehead atoms. The number of nitrogens with one attached hydrogen (secondary N) is 1. The molecule has 2 N–H and O–H groups in total. The van der Waals surface area contributed by atoms with Gasteiger partial charge in [0.05, 0.1) is 6.54 Å². The number of likely N-dealkylation sites (tertiary alicyclic amines) is 1. The Morgan fingerprint density at radius 3 is 3.00 bits per heavy atom. The van der Waals surface area contributed by atoms with E-state index in [0.717, 1.165) is 4.90 Å². The third-order valence-electron chi connectivity index (χ3n) is 3.55. The van der Waals surface area contributed by atoms with Gasteiger partial charge in [0, 0.05) is 42.2 Å². The number of anilines is 1. The van der Waals surface area contributed by atoms with Gasteiger partial charge in [0.2, 0.25) is 0 Å². The molecule has 2 aromatic rings. The van der Waals surface area contributed by atoms with Gasteiger partial charge >= 0.3 is 6.09 Å². The monoisotopic (exact) mass is 325 g/mol. The summed E-state index contributed by atoms with van der Waals surface area (Å²) in [6.45, 7) is 0.0733. The fraction of sp³-hybridized carbons (Fsp3) is 0.385. The maximum Gasteiger partial charge on any atom is 0.407 e. The highest BCUT2D eigenvalue weighted by atomic mass is 35.5. The maximum atomic E-state index is 13.7. The van der Waals surface area contributed by atoms with Crippen molar-refractivity contribution in [2.75, 3.05) is 18.4 Å². The number of amides is 1. The molecule has 3 rings (SSSR count). The molecular formula is C13H13ClFN5O2. The summed E-state index contributed by atoms with van der Waals surface area (Å²) < 4.78 is 13.7. The number of nitrogens with zero attached hydrogens (tertiary/aromatic N) is 4. The summed E-state index contributed by atoms with van der Waals surface area (Å²) in [5, 5.41) is 21.5. The molecule has 2 atom stereocenters. The highest BCUT2D eigenvalue weighted by molar-refractivity contribution is 6.34. The average molecular weight is 326 g/mol. The van der Waals surface area contributed by atoms with Gasteiger partial charge in [-0.2, -0.15) is 0 Å². The predicted octanol–water partition coefficient (Wildman–Crippen LogP) is 2.18. The topological polar surface area (TPSA) is 91.2 Å². The lowest BCUT2D eigenvalue weighted by Crippen LogP contribution is -2.49. The second-order valence-electron chi connectivity index (χ2n) is 5.12. The highest BCUT2D eigenvalue weighted by Crippen LogP contribution is 2.26. The largest absolute Gasteiger partial charge is 0.465 e. The van der Waals surface area contributed by atoms with Crippen molar-refractivity contribution in [3.05, 3.63) is 23.6 Å². The molecule has 1 saturated heterocycles. The molecule has 116 valence electrons. The zero-order chi connectivity index (χ0) is 15.7. The Labute approximate surface area is 130 Å². The van der Waals surface area contributed by atoms with Crippen molar-refractivity contribution in [3.8, 4) is 0 Å². The Morgan fingerprint density at radius 1 is 1.41 bits per heavy atom. The molecule has 0 aliphatic carbocycles. The molecule has 7 nitrogen and oxygen atoms in total. The van der Waals surface area contributed by atoms with Crippen molar-refractivity contribution < 1.29 is 14.3 Å². The van der Waals surface area contributed by atoms with Gasteiger partial charge in [-0.1, -0.05) is 11.6 Å². The van der Waals surface area contributed by atoms with Crippen LogP contribution in [0.1, 0.15) is 6.42 Å². The van der Waals surface area contributed by atoms with Crippen molar-refractivity contribution in [1.82, 2.24) is 20.1 Å². The number of piperidine rings is 1. The Kier molecular flexibility index (Phi) is 3.93. The normalized spacial score (nSPS) is 21.8. The molecule has 9 heteroatoms. The molecule has 1 amide bonds. The van der Waals surface area contributed by atoms with Crippen LogP contribution in [0.25, 0.3) is 10.8 Å². The smallest absolute Gasteiger partial charge is 0.407 e. The van der Waals surface area contributed by atoms with Crippen LogP contribution in [0.3, 0.4) is 0 Å².